The van der Waals surface area contributed by atoms with E-state index in [9.17, 15) is 9.90 Å². The summed E-state index contributed by atoms with van der Waals surface area (Å²) in [4.78, 5) is 18.0. The summed E-state index contributed by atoms with van der Waals surface area (Å²) in [6, 6.07) is 19.1. The van der Waals surface area contributed by atoms with Crippen molar-refractivity contribution in [1.29, 1.82) is 0 Å². The normalized spacial score (nSPS) is 17.5. The fourth-order valence-corrected chi connectivity index (χ4v) is 3.77. The Labute approximate surface area is 178 Å². The molecule has 1 aliphatic heterocycles. The Morgan fingerprint density at radius 1 is 1.00 bits per heavy atom. The second-order valence-corrected chi connectivity index (χ2v) is 6.97. The molecule has 1 atom stereocenters. The largest absolute Gasteiger partial charge is 0.496 e. The van der Waals surface area contributed by atoms with Crippen LogP contribution in [0.15, 0.2) is 71.7 Å². The smallest absolute Gasteiger partial charge is 0.335 e. The highest BCUT2D eigenvalue weighted by Gasteiger charge is 2.42. The van der Waals surface area contributed by atoms with E-state index in [1.165, 1.54) is 12.1 Å². The van der Waals surface area contributed by atoms with Crippen molar-refractivity contribution >= 4 is 17.5 Å². The second kappa shape index (κ2) is 7.66. The van der Waals surface area contributed by atoms with Crippen LogP contribution in [-0.4, -0.2) is 25.3 Å². The molecular weight excluding hydrogens is 396 g/mol. The fraction of sp³-hybridized carbons (Fsp3) is 0.130. The van der Waals surface area contributed by atoms with Gasteiger partial charge in [0.15, 0.2) is 0 Å². The van der Waals surface area contributed by atoms with Gasteiger partial charge in [-0.1, -0.05) is 24.3 Å². The number of methoxy groups -OCH3 is 2. The van der Waals surface area contributed by atoms with E-state index in [0.717, 1.165) is 0 Å². The number of aromatic carboxylic acids is 1. The van der Waals surface area contributed by atoms with Gasteiger partial charge in [0.1, 0.15) is 17.3 Å². The van der Waals surface area contributed by atoms with Crippen LogP contribution >= 0.6 is 0 Å². The van der Waals surface area contributed by atoms with Crippen molar-refractivity contribution < 1.29 is 19.4 Å². The first kappa shape index (κ1) is 20.2. The summed E-state index contributed by atoms with van der Waals surface area (Å²) in [5.41, 5.74) is 14.9. The van der Waals surface area contributed by atoms with E-state index >= 15 is 0 Å². The topological polar surface area (TPSA) is 123 Å². The van der Waals surface area contributed by atoms with Crippen molar-refractivity contribution in [3.63, 3.8) is 0 Å². The molecule has 0 amide bonds. The van der Waals surface area contributed by atoms with E-state index < -0.39 is 11.8 Å². The number of rotatable bonds is 5. The Morgan fingerprint density at radius 2 is 1.65 bits per heavy atom. The number of fused-ring (bicyclic) bond motifs is 1. The van der Waals surface area contributed by atoms with Crippen molar-refractivity contribution in [3.8, 4) is 11.5 Å². The number of para-hydroxylation sites is 3. The molecule has 4 rings (SSSR count). The van der Waals surface area contributed by atoms with Crippen LogP contribution in [0.4, 0.5) is 5.69 Å². The lowest BCUT2D eigenvalue weighted by atomic mass is 10.0. The van der Waals surface area contributed by atoms with Crippen LogP contribution < -0.4 is 36.4 Å². The van der Waals surface area contributed by atoms with Crippen LogP contribution in [0.5, 0.6) is 11.5 Å². The lowest BCUT2D eigenvalue weighted by Gasteiger charge is -2.42. The van der Waals surface area contributed by atoms with Crippen molar-refractivity contribution in [2.24, 2.45) is 16.5 Å². The first-order chi connectivity index (χ1) is 14.9. The molecule has 3 aromatic rings. The Balaban J connectivity index is 2.11. The first-order valence-electron chi connectivity index (χ1n) is 9.49. The Bertz CT molecular complexity index is 1290. The number of nitrogens with zero attached hydrogens (tertiary/aromatic N) is 2. The molecule has 1 unspecified atom stereocenters. The molecule has 0 aromatic heterocycles. The number of ether oxygens (including phenoxy) is 2. The van der Waals surface area contributed by atoms with Crippen molar-refractivity contribution in [3.05, 3.63) is 88.4 Å². The van der Waals surface area contributed by atoms with Gasteiger partial charge < -0.3 is 20.3 Å². The molecule has 1 aliphatic rings. The predicted molar refractivity (Wildman–Crippen MR) is 116 cm³/mol. The summed E-state index contributed by atoms with van der Waals surface area (Å²) < 4.78 is 11.1. The Morgan fingerprint density at radius 3 is 2.32 bits per heavy atom. The lowest BCUT2D eigenvalue weighted by molar-refractivity contribution is 0.0696. The highest BCUT2D eigenvalue weighted by molar-refractivity contribution is 5.88. The van der Waals surface area contributed by atoms with Crippen molar-refractivity contribution in [1.82, 2.24) is 0 Å². The third kappa shape index (κ3) is 3.23. The van der Waals surface area contributed by atoms with E-state index in [0.29, 0.717) is 33.3 Å². The molecule has 1 heterocycles. The van der Waals surface area contributed by atoms with Gasteiger partial charge in [-0.2, -0.15) is 0 Å². The van der Waals surface area contributed by atoms with Crippen LogP contribution in [0.25, 0.3) is 5.82 Å². The average Bonchev–Trinajstić information content (AvgIpc) is 2.79. The zero-order chi connectivity index (χ0) is 22.2. The quantitative estimate of drug-likeness (QED) is 0.571. The molecule has 0 fully saturated rings. The van der Waals surface area contributed by atoms with E-state index in [4.69, 9.17) is 25.9 Å². The molecule has 0 bridgehead atoms. The number of hydrogen-bond donors (Lipinski definition) is 3. The molecule has 0 saturated carbocycles. The van der Waals surface area contributed by atoms with Gasteiger partial charge in [0.25, 0.3) is 0 Å². The maximum atomic E-state index is 11.5. The van der Waals surface area contributed by atoms with E-state index in [2.05, 4.69) is 0 Å². The summed E-state index contributed by atoms with van der Waals surface area (Å²) >= 11 is 0. The zero-order valence-corrected chi connectivity index (χ0v) is 17.1. The monoisotopic (exact) mass is 418 g/mol. The van der Waals surface area contributed by atoms with Gasteiger partial charge in [-0.05, 0) is 42.5 Å². The van der Waals surface area contributed by atoms with Crippen LogP contribution in [0.3, 0.4) is 0 Å². The molecule has 3 aromatic carbocycles. The minimum Gasteiger partial charge on any atom is -0.496 e. The number of carboxylic acid groups (broad SMARTS) is 1. The minimum atomic E-state index is -1.48. The number of carbonyl (C=O) groups is 1. The highest BCUT2D eigenvalue weighted by Crippen LogP contribution is 2.41. The molecule has 0 spiro atoms. The number of benzene rings is 3. The van der Waals surface area contributed by atoms with Gasteiger partial charge in [0, 0.05) is 5.22 Å². The van der Waals surface area contributed by atoms with Gasteiger partial charge in [-0.15, -0.1) is 0 Å². The summed E-state index contributed by atoms with van der Waals surface area (Å²) in [7, 11) is 3.10. The third-order valence-corrected chi connectivity index (χ3v) is 5.22. The average molecular weight is 418 g/mol. The van der Waals surface area contributed by atoms with Crippen LogP contribution in [-0.2, 0) is 5.79 Å². The van der Waals surface area contributed by atoms with Gasteiger partial charge in [-0.25, -0.2) is 9.79 Å². The van der Waals surface area contributed by atoms with E-state index in [1.54, 1.807) is 37.3 Å². The molecular formula is C23H22N4O4. The SMILES string of the molecule is COc1ccccc1N1C(N)=c2cc(C(=O)O)ccc2=NC1(N)c1ccccc1OC. The fourth-order valence-electron chi connectivity index (χ4n) is 3.77. The molecule has 0 saturated heterocycles. The first-order valence-corrected chi connectivity index (χ1v) is 9.49. The highest BCUT2D eigenvalue weighted by atomic mass is 16.5. The third-order valence-electron chi connectivity index (χ3n) is 5.22. The lowest BCUT2D eigenvalue weighted by Crippen LogP contribution is -2.60. The summed E-state index contributed by atoms with van der Waals surface area (Å²) in [6.07, 6.45) is 0. The molecule has 8 nitrogen and oxygen atoms in total. The van der Waals surface area contributed by atoms with Gasteiger partial charge in [-0.3, -0.25) is 10.6 Å². The molecule has 5 N–H and O–H groups in total. The molecule has 0 radical (unpaired) electrons. The zero-order valence-electron chi connectivity index (χ0n) is 17.1. The van der Waals surface area contributed by atoms with Gasteiger partial charge >= 0.3 is 5.97 Å². The van der Waals surface area contributed by atoms with Crippen LogP contribution in [0.2, 0.25) is 0 Å². The van der Waals surface area contributed by atoms with E-state index in [1.807, 2.05) is 36.4 Å². The molecule has 31 heavy (non-hydrogen) atoms. The Kier molecular flexibility index (Phi) is 5.00. The standard InChI is InChI=1S/C23H22N4O4/c1-30-19-9-5-3-7-16(19)23(25)26-17-12-11-14(22(28)29)13-15(17)21(24)27(23)18-8-4-6-10-20(18)31-2/h3-13H,24-25H2,1-2H3,(H,28,29). The van der Waals surface area contributed by atoms with E-state index in [-0.39, 0.29) is 11.4 Å². The molecule has 8 heteroatoms. The molecule has 158 valence electrons. The summed E-state index contributed by atoms with van der Waals surface area (Å²) in [6.45, 7) is 0. The number of hydrogen-bond acceptors (Lipinski definition) is 7. The van der Waals surface area contributed by atoms with Crippen LogP contribution in [0, 0.1) is 0 Å². The second-order valence-electron chi connectivity index (χ2n) is 6.97. The van der Waals surface area contributed by atoms with Gasteiger partial charge in [0.05, 0.1) is 36.4 Å². The van der Waals surface area contributed by atoms with Crippen LogP contribution in [0.1, 0.15) is 15.9 Å². The van der Waals surface area contributed by atoms with Gasteiger partial charge in [0.2, 0.25) is 5.79 Å². The molecule has 0 aliphatic carbocycles. The summed E-state index contributed by atoms with van der Waals surface area (Å²) in [5.74, 6) is -1.24. The maximum Gasteiger partial charge on any atom is 0.335 e. The predicted octanol–water partition coefficient (Wildman–Crippen LogP) is 1.34. The number of anilines is 1. The number of carboxylic acids is 1. The van der Waals surface area contributed by atoms with Crippen molar-refractivity contribution in [2.75, 3.05) is 19.1 Å². The number of nitrogens with two attached hydrogens (primary N) is 2. The Hall–Kier alpha value is -4.04. The maximum absolute atomic E-state index is 11.5. The summed E-state index contributed by atoms with van der Waals surface area (Å²) in [5, 5.41) is 10.4. The van der Waals surface area contributed by atoms with Crippen molar-refractivity contribution in [2.45, 2.75) is 5.79 Å². The minimum absolute atomic E-state index is 0.0960.